The molecule has 0 spiro atoms. The highest BCUT2D eigenvalue weighted by Gasteiger charge is 2.42. The molecular weight excluding hydrogens is 204 g/mol. The molecule has 0 amide bonds. The SMILES string of the molecule is CCOC(=O)/C=C/[C@H]1O[C@@H]1C1CCCCC1. The average Bonchev–Trinajstić information content (AvgIpc) is 3.07. The van der Waals surface area contributed by atoms with Crippen molar-refractivity contribution in [2.24, 2.45) is 5.92 Å². The molecule has 0 aromatic carbocycles. The summed E-state index contributed by atoms with van der Waals surface area (Å²) in [6.45, 7) is 2.24. The van der Waals surface area contributed by atoms with Crippen LogP contribution in [0, 0.1) is 5.92 Å². The molecule has 16 heavy (non-hydrogen) atoms. The molecule has 0 aromatic rings. The van der Waals surface area contributed by atoms with E-state index >= 15 is 0 Å². The van der Waals surface area contributed by atoms with Crippen LogP contribution in [0.4, 0.5) is 0 Å². The molecule has 0 bridgehead atoms. The Kier molecular flexibility index (Phi) is 3.99. The molecule has 1 heterocycles. The maximum Gasteiger partial charge on any atom is 0.330 e. The van der Waals surface area contributed by atoms with Crippen molar-refractivity contribution in [3.05, 3.63) is 12.2 Å². The predicted octanol–water partition coefficient (Wildman–Crippen LogP) is 2.45. The van der Waals surface area contributed by atoms with E-state index in [4.69, 9.17) is 9.47 Å². The van der Waals surface area contributed by atoms with Gasteiger partial charge in [-0.2, -0.15) is 0 Å². The van der Waals surface area contributed by atoms with Crippen LogP contribution in [0.15, 0.2) is 12.2 Å². The van der Waals surface area contributed by atoms with Gasteiger partial charge < -0.3 is 9.47 Å². The molecule has 2 fully saturated rings. The van der Waals surface area contributed by atoms with E-state index in [1.54, 1.807) is 0 Å². The van der Waals surface area contributed by atoms with Crippen LogP contribution in [0.25, 0.3) is 0 Å². The summed E-state index contributed by atoms with van der Waals surface area (Å²) >= 11 is 0. The second kappa shape index (κ2) is 5.48. The molecule has 0 aromatic heterocycles. The zero-order valence-corrected chi connectivity index (χ0v) is 9.85. The van der Waals surface area contributed by atoms with Gasteiger partial charge in [0.25, 0.3) is 0 Å². The maximum absolute atomic E-state index is 11.1. The van der Waals surface area contributed by atoms with E-state index in [0.29, 0.717) is 18.6 Å². The number of carbonyl (C=O) groups excluding carboxylic acids is 1. The van der Waals surface area contributed by atoms with Crippen molar-refractivity contribution in [1.29, 1.82) is 0 Å². The third kappa shape index (κ3) is 3.08. The molecule has 0 N–H and O–H groups in total. The van der Waals surface area contributed by atoms with Gasteiger partial charge in [-0.15, -0.1) is 0 Å². The Morgan fingerprint density at radius 3 is 2.81 bits per heavy atom. The fourth-order valence-corrected chi connectivity index (χ4v) is 2.50. The molecule has 0 unspecified atom stereocenters. The topological polar surface area (TPSA) is 38.8 Å². The molecule has 2 rings (SSSR count). The lowest BCUT2D eigenvalue weighted by Gasteiger charge is -2.19. The van der Waals surface area contributed by atoms with Gasteiger partial charge in [0.15, 0.2) is 0 Å². The second-order valence-corrected chi connectivity index (χ2v) is 4.57. The summed E-state index contributed by atoms with van der Waals surface area (Å²) in [7, 11) is 0. The van der Waals surface area contributed by atoms with E-state index in [0.717, 1.165) is 0 Å². The first-order valence-corrected chi connectivity index (χ1v) is 6.31. The summed E-state index contributed by atoms with van der Waals surface area (Å²) in [4.78, 5) is 11.1. The van der Waals surface area contributed by atoms with Crippen molar-refractivity contribution in [3.63, 3.8) is 0 Å². The fourth-order valence-electron chi connectivity index (χ4n) is 2.50. The molecule has 2 atom stereocenters. The van der Waals surface area contributed by atoms with Crippen LogP contribution in [0.1, 0.15) is 39.0 Å². The number of ether oxygens (including phenoxy) is 2. The number of hydrogen-bond donors (Lipinski definition) is 0. The van der Waals surface area contributed by atoms with Crippen LogP contribution in [0.5, 0.6) is 0 Å². The Hall–Kier alpha value is -0.830. The van der Waals surface area contributed by atoms with Gasteiger partial charge in [-0.3, -0.25) is 0 Å². The van der Waals surface area contributed by atoms with Crippen molar-refractivity contribution in [2.45, 2.75) is 51.2 Å². The van der Waals surface area contributed by atoms with Crippen LogP contribution in [0.2, 0.25) is 0 Å². The van der Waals surface area contributed by atoms with Crippen molar-refractivity contribution in [3.8, 4) is 0 Å². The lowest BCUT2D eigenvalue weighted by molar-refractivity contribution is -0.137. The average molecular weight is 224 g/mol. The standard InChI is InChI=1S/C13H20O3/c1-2-15-12(14)9-8-11-13(16-11)10-6-4-3-5-7-10/h8-11,13H,2-7H2,1H3/b9-8+/t11-,13-/m1/s1. The van der Waals surface area contributed by atoms with Gasteiger partial charge in [0.1, 0.15) is 6.10 Å². The second-order valence-electron chi connectivity index (χ2n) is 4.57. The molecule has 1 saturated heterocycles. The van der Waals surface area contributed by atoms with Crippen LogP contribution in [0.3, 0.4) is 0 Å². The maximum atomic E-state index is 11.1. The molecule has 1 saturated carbocycles. The Morgan fingerprint density at radius 2 is 2.12 bits per heavy atom. The largest absolute Gasteiger partial charge is 0.463 e. The first kappa shape index (κ1) is 11.6. The normalized spacial score (nSPS) is 30.6. The van der Waals surface area contributed by atoms with Gasteiger partial charge >= 0.3 is 5.97 Å². The van der Waals surface area contributed by atoms with Crippen molar-refractivity contribution < 1.29 is 14.3 Å². The number of epoxide rings is 1. The van der Waals surface area contributed by atoms with E-state index in [1.165, 1.54) is 38.2 Å². The van der Waals surface area contributed by atoms with Crippen molar-refractivity contribution >= 4 is 5.97 Å². The van der Waals surface area contributed by atoms with Crippen LogP contribution >= 0.6 is 0 Å². The molecule has 1 aliphatic carbocycles. The minimum atomic E-state index is -0.264. The van der Waals surface area contributed by atoms with Crippen LogP contribution in [-0.4, -0.2) is 24.8 Å². The molecule has 3 nitrogen and oxygen atoms in total. The van der Waals surface area contributed by atoms with Crippen LogP contribution in [-0.2, 0) is 14.3 Å². The first-order chi connectivity index (χ1) is 7.81. The van der Waals surface area contributed by atoms with Gasteiger partial charge in [0.05, 0.1) is 12.7 Å². The minimum Gasteiger partial charge on any atom is -0.463 e. The van der Waals surface area contributed by atoms with Gasteiger partial charge in [-0.25, -0.2) is 4.79 Å². The number of hydrogen-bond acceptors (Lipinski definition) is 3. The van der Waals surface area contributed by atoms with E-state index in [1.807, 2.05) is 13.0 Å². The fraction of sp³-hybridized carbons (Fsp3) is 0.769. The number of esters is 1. The smallest absolute Gasteiger partial charge is 0.330 e. The summed E-state index contributed by atoms with van der Waals surface area (Å²) in [5, 5.41) is 0. The van der Waals surface area contributed by atoms with Crippen LogP contribution < -0.4 is 0 Å². The Balaban J connectivity index is 1.71. The Labute approximate surface area is 96.8 Å². The zero-order valence-electron chi connectivity index (χ0n) is 9.85. The summed E-state index contributed by atoms with van der Waals surface area (Å²) in [6.07, 6.45) is 10.5. The summed E-state index contributed by atoms with van der Waals surface area (Å²) < 4.78 is 10.4. The zero-order chi connectivity index (χ0) is 11.4. The Bertz CT molecular complexity index is 266. The highest BCUT2D eigenvalue weighted by atomic mass is 16.6. The quantitative estimate of drug-likeness (QED) is 0.418. The predicted molar refractivity (Wildman–Crippen MR) is 61.0 cm³/mol. The highest BCUT2D eigenvalue weighted by Crippen LogP contribution is 2.38. The molecular formula is C13H20O3. The van der Waals surface area contributed by atoms with Gasteiger partial charge in [0.2, 0.25) is 0 Å². The van der Waals surface area contributed by atoms with E-state index < -0.39 is 0 Å². The molecule has 0 radical (unpaired) electrons. The molecule has 2 aliphatic rings. The number of rotatable bonds is 4. The lowest BCUT2D eigenvalue weighted by atomic mass is 9.86. The van der Waals surface area contributed by atoms with Gasteiger partial charge in [-0.05, 0) is 31.8 Å². The summed E-state index contributed by atoms with van der Waals surface area (Å²) in [5.74, 6) is 0.450. The van der Waals surface area contributed by atoms with E-state index in [-0.39, 0.29) is 12.1 Å². The molecule has 1 aliphatic heterocycles. The number of carbonyl (C=O) groups is 1. The van der Waals surface area contributed by atoms with Gasteiger partial charge in [0, 0.05) is 6.08 Å². The molecule has 3 heteroatoms. The highest BCUT2D eigenvalue weighted by molar-refractivity contribution is 5.82. The third-order valence-electron chi connectivity index (χ3n) is 3.38. The summed E-state index contributed by atoms with van der Waals surface area (Å²) in [5.41, 5.74) is 0. The minimum absolute atomic E-state index is 0.160. The van der Waals surface area contributed by atoms with Crippen molar-refractivity contribution in [1.82, 2.24) is 0 Å². The Morgan fingerprint density at radius 1 is 1.38 bits per heavy atom. The molecule has 90 valence electrons. The first-order valence-electron chi connectivity index (χ1n) is 6.31. The van der Waals surface area contributed by atoms with Crippen molar-refractivity contribution in [2.75, 3.05) is 6.61 Å². The van der Waals surface area contributed by atoms with Gasteiger partial charge in [-0.1, -0.05) is 19.3 Å². The lowest BCUT2D eigenvalue weighted by Crippen LogP contribution is -2.14. The summed E-state index contributed by atoms with van der Waals surface area (Å²) in [6, 6.07) is 0. The van der Waals surface area contributed by atoms with E-state index in [2.05, 4.69) is 0 Å². The third-order valence-corrected chi connectivity index (χ3v) is 3.38. The van der Waals surface area contributed by atoms with E-state index in [9.17, 15) is 4.79 Å². The monoisotopic (exact) mass is 224 g/mol.